The smallest absolute Gasteiger partial charge is 0.257 e. The molecule has 0 atom stereocenters. The normalized spacial score (nSPS) is 15.1. The highest BCUT2D eigenvalue weighted by molar-refractivity contribution is 6.31. The molecule has 0 radical (unpaired) electrons. The molecule has 29 heavy (non-hydrogen) atoms. The van der Waals surface area contributed by atoms with Crippen molar-refractivity contribution in [2.24, 2.45) is 0 Å². The molecule has 0 saturated carbocycles. The van der Waals surface area contributed by atoms with Crippen molar-refractivity contribution in [3.8, 4) is 0 Å². The maximum Gasteiger partial charge on any atom is 0.257 e. The van der Waals surface area contributed by atoms with Crippen molar-refractivity contribution in [1.82, 2.24) is 24.2 Å². The van der Waals surface area contributed by atoms with Gasteiger partial charge in [0.1, 0.15) is 0 Å². The molecule has 1 aliphatic rings. The summed E-state index contributed by atoms with van der Waals surface area (Å²) in [5.41, 5.74) is 4.54. The molecule has 152 valence electrons. The second kappa shape index (κ2) is 8.03. The zero-order valence-corrected chi connectivity index (χ0v) is 17.9. The van der Waals surface area contributed by atoms with Crippen molar-refractivity contribution in [3.63, 3.8) is 0 Å². The van der Waals surface area contributed by atoms with Crippen LogP contribution < -0.4 is 0 Å². The van der Waals surface area contributed by atoms with Crippen LogP contribution in [0, 0.1) is 20.8 Å². The Balaban J connectivity index is 1.49. The first kappa shape index (κ1) is 19.7. The Hall–Kier alpha value is -2.60. The summed E-state index contributed by atoms with van der Waals surface area (Å²) in [5.74, 6) is 0.0752. The van der Waals surface area contributed by atoms with Crippen molar-refractivity contribution < 1.29 is 4.79 Å². The molecule has 0 bridgehead atoms. The number of carbonyl (C=O) groups is 1. The van der Waals surface area contributed by atoms with Crippen LogP contribution in [0.4, 0.5) is 0 Å². The number of hydrogen-bond donors (Lipinski definition) is 0. The Morgan fingerprint density at radius 3 is 2.55 bits per heavy atom. The second-order valence-corrected chi connectivity index (χ2v) is 8.17. The highest BCUT2D eigenvalue weighted by Gasteiger charge is 2.28. The number of piperidine rings is 1. The summed E-state index contributed by atoms with van der Waals surface area (Å²) in [4.78, 5) is 19.4. The summed E-state index contributed by atoms with van der Waals surface area (Å²) < 4.78 is 4.10. The van der Waals surface area contributed by atoms with Gasteiger partial charge in [0.05, 0.1) is 24.1 Å². The van der Waals surface area contributed by atoms with Crippen LogP contribution in [0.25, 0.3) is 0 Å². The largest absolute Gasteiger partial charge is 0.338 e. The van der Waals surface area contributed by atoms with Gasteiger partial charge >= 0.3 is 0 Å². The van der Waals surface area contributed by atoms with Gasteiger partial charge < -0.3 is 9.47 Å². The van der Waals surface area contributed by atoms with Gasteiger partial charge in [-0.2, -0.15) is 5.10 Å². The van der Waals surface area contributed by atoms with Gasteiger partial charge in [-0.3, -0.25) is 9.48 Å². The van der Waals surface area contributed by atoms with Crippen LogP contribution in [0.15, 0.2) is 36.8 Å². The molecule has 3 heterocycles. The number of hydrogen-bond acceptors (Lipinski definition) is 3. The maximum atomic E-state index is 13.3. The summed E-state index contributed by atoms with van der Waals surface area (Å²) in [6, 6.07) is 8.15. The first-order valence-electron chi connectivity index (χ1n) is 10.0. The predicted molar refractivity (Wildman–Crippen MR) is 113 cm³/mol. The van der Waals surface area contributed by atoms with E-state index in [4.69, 9.17) is 11.6 Å². The Kier molecular flexibility index (Phi) is 5.46. The lowest BCUT2D eigenvalue weighted by Crippen LogP contribution is -2.39. The van der Waals surface area contributed by atoms with Gasteiger partial charge in [-0.05, 0) is 45.2 Å². The fourth-order valence-corrected chi connectivity index (χ4v) is 4.40. The first-order valence-corrected chi connectivity index (χ1v) is 10.4. The third-order valence-electron chi connectivity index (χ3n) is 5.88. The number of nitrogens with zero attached hydrogens (tertiary/aromatic N) is 5. The molecule has 1 amide bonds. The lowest BCUT2D eigenvalue weighted by molar-refractivity contribution is 0.0692. The summed E-state index contributed by atoms with van der Waals surface area (Å²) in [7, 11) is 0. The van der Waals surface area contributed by atoms with Gasteiger partial charge in [0, 0.05) is 41.7 Å². The van der Waals surface area contributed by atoms with Crippen LogP contribution in [-0.2, 0) is 6.54 Å². The molecule has 0 spiro atoms. The lowest BCUT2D eigenvalue weighted by Gasteiger charge is -2.33. The van der Waals surface area contributed by atoms with Gasteiger partial charge in [-0.1, -0.05) is 29.8 Å². The monoisotopic (exact) mass is 411 g/mol. The zero-order valence-electron chi connectivity index (χ0n) is 17.1. The molecular formula is C22H26ClN5O. The minimum Gasteiger partial charge on any atom is -0.338 e. The van der Waals surface area contributed by atoms with E-state index in [9.17, 15) is 4.79 Å². The van der Waals surface area contributed by atoms with E-state index in [0.29, 0.717) is 23.2 Å². The van der Waals surface area contributed by atoms with Crippen molar-refractivity contribution in [3.05, 3.63) is 70.0 Å². The van der Waals surface area contributed by atoms with E-state index in [2.05, 4.69) is 21.6 Å². The Morgan fingerprint density at radius 2 is 1.90 bits per heavy atom. The summed E-state index contributed by atoms with van der Waals surface area (Å²) in [5, 5.41) is 5.34. The third kappa shape index (κ3) is 3.81. The number of halogens is 1. The van der Waals surface area contributed by atoms with Crippen molar-refractivity contribution in [2.45, 2.75) is 46.2 Å². The van der Waals surface area contributed by atoms with E-state index >= 15 is 0 Å². The van der Waals surface area contributed by atoms with Crippen LogP contribution in [0.5, 0.6) is 0 Å². The summed E-state index contributed by atoms with van der Waals surface area (Å²) in [6.45, 7) is 7.99. The number of rotatable bonds is 4. The van der Waals surface area contributed by atoms with E-state index < -0.39 is 0 Å². The highest BCUT2D eigenvalue weighted by atomic mass is 35.5. The maximum absolute atomic E-state index is 13.3. The molecule has 1 saturated heterocycles. The topological polar surface area (TPSA) is 56.0 Å². The van der Waals surface area contributed by atoms with E-state index in [1.807, 2.05) is 60.2 Å². The molecule has 4 rings (SSSR count). The third-order valence-corrected chi connectivity index (χ3v) is 6.25. The number of imidazole rings is 1. The molecule has 0 N–H and O–H groups in total. The predicted octanol–water partition coefficient (Wildman–Crippen LogP) is 4.18. The van der Waals surface area contributed by atoms with Crippen LogP contribution in [0.1, 0.15) is 51.9 Å². The SMILES string of the molecule is Cc1nn(Cc2ccccc2Cl)c(C)c1C(=O)N1CCC(n2cncc2C)CC1. The molecule has 2 aromatic heterocycles. The van der Waals surface area contributed by atoms with Crippen molar-refractivity contribution >= 4 is 17.5 Å². The first-order chi connectivity index (χ1) is 14.0. The van der Waals surface area contributed by atoms with Crippen LogP contribution in [-0.4, -0.2) is 43.2 Å². The summed E-state index contributed by atoms with van der Waals surface area (Å²) >= 11 is 6.30. The van der Waals surface area contributed by atoms with Crippen LogP contribution >= 0.6 is 11.6 Å². The van der Waals surface area contributed by atoms with Gasteiger partial charge in [-0.25, -0.2) is 4.98 Å². The molecule has 1 aliphatic heterocycles. The zero-order chi connectivity index (χ0) is 20.5. The van der Waals surface area contributed by atoms with Crippen LogP contribution in [0.2, 0.25) is 5.02 Å². The average molecular weight is 412 g/mol. The fraction of sp³-hybridized carbons (Fsp3) is 0.409. The van der Waals surface area contributed by atoms with E-state index in [0.717, 1.165) is 42.9 Å². The standard InChI is InChI=1S/C22H26ClN5O/c1-15-12-24-14-27(15)19-8-10-26(11-9-19)22(29)21-16(2)25-28(17(21)3)13-18-6-4-5-7-20(18)23/h4-7,12,14,19H,8-11,13H2,1-3H3. The molecule has 1 fully saturated rings. The van der Waals surface area contributed by atoms with Crippen LogP contribution in [0.3, 0.4) is 0 Å². The second-order valence-electron chi connectivity index (χ2n) is 7.76. The molecule has 0 aliphatic carbocycles. The minimum atomic E-state index is 0.0752. The van der Waals surface area contributed by atoms with Gasteiger partial charge in [0.2, 0.25) is 0 Å². The Morgan fingerprint density at radius 1 is 1.17 bits per heavy atom. The minimum absolute atomic E-state index is 0.0752. The van der Waals surface area contributed by atoms with Crippen molar-refractivity contribution in [2.75, 3.05) is 13.1 Å². The van der Waals surface area contributed by atoms with Gasteiger partial charge in [0.25, 0.3) is 5.91 Å². The molecular weight excluding hydrogens is 386 g/mol. The Labute approximate surface area is 176 Å². The number of aryl methyl sites for hydroxylation is 2. The average Bonchev–Trinajstić information content (AvgIpc) is 3.26. The van der Waals surface area contributed by atoms with Gasteiger partial charge in [-0.15, -0.1) is 0 Å². The number of aromatic nitrogens is 4. The van der Waals surface area contributed by atoms with Gasteiger partial charge in [0.15, 0.2) is 0 Å². The van der Waals surface area contributed by atoms with Crippen molar-refractivity contribution in [1.29, 1.82) is 0 Å². The number of amides is 1. The molecule has 7 heteroatoms. The summed E-state index contributed by atoms with van der Waals surface area (Å²) in [6.07, 6.45) is 5.66. The lowest BCUT2D eigenvalue weighted by atomic mass is 10.0. The highest BCUT2D eigenvalue weighted by Crippen LogP contribution is 2.26. The number of carbonyl (C=O) groups excluding carboxylic acids is 1. The molecule has 6 nitrogen and oxygen atoms in total. The quantitative estimate of drug-likeness (QED) is 0.647. The van der Waals surface area contributed by atoms with E-state index in [1.165, 1.54) is 5.69 Å². The Bertz CT molecular complexity index is 1030. The van der Waals surface area contributed by atoms with E-state index in [-0.39, 0.29) is 5.91 Å². The number of benzene rings is 1. The van der Waals surface area contributed by atoms with E-state index in [1.54, 1.807) is 0 Å². The molecule has 3 aromatic rings. The fourth-order valence-electron chi connectivity index (χ4n) is 4.21. The molecule has 0 unspecified atom stereocenters. The number of likely N-dealkylation sites (tertiary alicyclic amines) is 1. The molecule has 1 aromatic carbocycles.